The fourth-order valence-electron chi connectivity index (χ4n) is 3.25. The second-order valence-corrected chi connectivity index (χ2v) is 9.91. The number of hydrogen-bond donors (Lipinski definition) is 1. The smallest absolute Gasteiger partial charge is 0.268 e. The lowest BCUT2D eigenvalue weighted by Gasteiger charge is -2.16. The van der Waals surface area contributed by atoms with Crippen molar-refractivity contribution in [1.29, 1.82) is 0 Å². The molecule has 0 radical (unpaired) electrons. The van der Waals surface area contributed by atoms with Crippen molar-refractivity contribution in [2.24, 2.45) is 0 Å². The molecule has 0 fully saturated rings. The molecule has 7 heteroatoms. The van der Waals surface area contributed by atoms with E-state index in [-0.39, 0.29) is 4.90 Å². The van der Waals surface area contributed by atoms with E-state index in [1.807, 2.05) is 45.3 Å². The molecule has 0 bridgehead atoms. The summed E-state index contributed by atoms with van der Waals surface area (Å²) in [5.41, 5.74) is 3.59. The molecule has 5 nitrogen and oxygen atoms in total. The number of anilines is 1. The van der Waals surface area contributed by atoms with Gasteiger partial charge in [0.1, 0.15) is 0 Å². The number of rotatable bonds is 7. The van der Waals surface area contributed by atoms with E-state index in [1.54, 1.807) is 18.3 Å². The van der Waals surface area contributed by atoms with Gasteiger partial charge in [-0.1, -0.05) is 28.9 Å². The predicted molar refractivity (Wildman–Crippen MR) is 120 cm³/mol. The third-order valence-corrected chi connectivity index (χ3v) is 6.99. The molecule has 3 aromatic rings. The maximum atomic E-state index is 13.4. The molecule has 28 heavy (non-hydrogen) atoms. The lowest BCUT2D eigenvalue weighted by atomic mass is 10.1. The normalized spacial score (nSPS) is 12.1. The van der Waals surface area contributed by atoms with Gasteiger partial charge in [-0.2, -0.15) is 0 Å². The molecule has 0 saturated heterocycles. The predicted octanol–water partition coefficient (Wildman–Crippen LogP) is 4.49. The van der Waals surface area contributed by atoms with Gasteiger partial charge in [0.05, 0.1) is 10.4 Å². The summed E-state index contributed by atoms with van der Waals surface area (Å²) >= 11 is 3.46. The van der Waals surface area contributed by atoms with Crippen LogP contribution in [0.25, 0.3) is 10.9 Å². The maximum Gasteiger partial charge on any atom is 0.268 e. The van der Waals surface area contributed by atoms with Crippen LogP contribution in [0.15, 0.2) is 52.0 Å². The highest BCUT2D eigenvalue weighted by Gasteiger charge is 2.21. The molecule has 1 N–H and O–H groups in total. The molecule has 0 aliphatic heterocycles. The Morgan fingerprint density at radius 2 is 1.89 bits per heavy atom. The van der Waals surface area contributed by atoms with E-state index in [2.05, 4.69) is 33.1 Å². The molecule has 1 aromatic heterocycles. The molecule has 0 aliphatic carbocycles. The third-order valence-electron chi connectivity index (χ3n) is 4.83. The van der Waals surface area contributed by atoms with Gasteiger partial charge in [0.15, 0.2) is 0 Å². The molecule has 1 heterocycles. The topological polar surface area (TPSA) is 54.3 Å². The fourth-order valence-corrected chi connectivity index (χ4v) is 5.06. The Bertz CT molecular complexity index is 1100. The molecule has 0 spiro atoms. The second kappa shape index (κ2) is 8.27. The zero-order chi connectivity index (χ0) is 20.5. The summed E-state index contributed by atoms with van der Waals surface area (Å²) in [5.74, 6) is 0. The Balaban J connectivity index is 2.05. The van der Waals surface area contributed by atoms with Gasteiger partial charge in [0.25, 0.3) is 10.0 Å². The molecule has 0 atom stereocenters. The first kappa shape index (κ1) is 20.9. The lowest BCUT2D eigenvalue weighted by molar-refractivity contribution is 0.425. The van der Waals surface area contributed by atoms with Crippen LogP contribution in [0.4, 0.5) is 5.69 Å². The minimum atomic E-state index is -3.70. The molecule has 150 valence electrons. The summed E-state index contributed by atoms with van der Waals surface area (Å²) in [5, 5.41) is 4.31. The zero-order valence-electron chi connectivity index (χ0n) is 16.7. The summed E-state index contributed by atoms with van der Waals surface area (Å²) in [6.45, 7) is 5.62. The third kappa shape index (κ3) is 4.11. The van der Waals surface area contributed by atoms with Crippen LogP contribution in [0.3, 0.4) is 0 Å². The van der Waals surface area contributed by atoms with Crippen molar-refractivity contribution in [1.82, 2.24) is 8.87 Å². The van der Waals surface area contributed by atoms with E-state index >= 15 is 0 Å². The molecule has 0 aliphatic rings. The average molecular weight is 464 g/mol. The molecule has 0 saturated carbocycles. The van der Waals surface area contributed by atoms with Crippen LogP contribution in [-0.2, 0) is 16.4 Å². The van der Waals surface area contributed by atoms with E-state index < -0.39 is 10.0 Å². The summed E-state index contributed by atoms with van der Waals surface area (Å²) in [4.78, 5) is 2.38. The van der Waals surface area contributed by atoms with Crippen molar-refractivity contribution in [2.75, 3.05) is 32.5 Å². The molecule has 2 aromatic carbocycles. The van der Waals surface area contributed by atoms with Crippen LogP contribution >= 0.6 is 15.9 Å². The van der Waals surface area contributed by atoms with Gasteiger partial charge < -0.3 is 10.2 Å². The van der Waals surface area contributed by atoms with Gasteiger partial charge in [-0.15, -0.1) is 0 Å². The van der Waals surface area contributed by atoms with Crippen LogP contribution in [0.2, 0.25) is 0 Å². The van der Waals surface area contributed by atoms with E-state index in [4.69, 9.17) is 0 Å². The number of fused-ring (bicyclic) bond motifs is 1. The van der Waals surface area contributed by atoms with Gasteiger partial charge in [0, 0.05) is 34.8 Å². The van der Waals surface area contributed by atoms with Crippen molar-refractivity contribution in [3.05, 3.63) is 58.2 Å². The minimum Gasteiger partial charge on any atom is -0.384 e. The van der Waals surface area contributed by atoms with Crippen molar-refractivity contribution >= 4 is 42.5 Å². The highest BCUT2D eigenvalue weighted by molar-refractivity contribution is 9.10. The van der Waals surface area contributed by atoms with Crippen LogP contribution in [0.5, 0.6) is 0 Å². The number of hydrogen-bond acceptors (Lipinski definition) is 4. The van der Waals surface area contributed by atoms with Crippen molar-refractivity contribution < 1.29 is 8.42 Å². The summed E-state index contributed by atoms with van der Waals surface area (Å²) in [6, 6.07) is 11.0. The summed E-state index contributed by atoms with van der Waals surface area (Å²) in [6.07, 6.45) is 2.53. The number of benzene rings is 2. The van der Waals surface area contributed by atoms with Crippen molar-refractivity contribution in [2.45, 2.75) is 25.2 Å². The van der Waals surface area contributed by atoms with Gasteiger partial charge in [-0.05, 0) is 68.9 Å². The number of aryl methyl sites for hydroxylation is 2. The summed E-state index contributed by atoms with van der Waals surface area (Å²) < 4.78 is 29.1. The SMILES string of the molecule is CCc1ccc(S(=O)(=O)n2cc(C)c3cc(Br)ccc32)cc1NCCN(C)C. The lowest BCUT2D eigenvalue weighted by Crippen LogP contribution is -2.21. The number of halogens is 1. The van der Waals surface area contributed by atoms with E-state index in [9.17, 15) is 8.42 Å². The van der Waals surface area contributed by atoms with Gasteiger partial charge in [-0.3, -0.25) is 0 Å². The molecular weight excluding hydrogens is 438 g/mol. The Morgan fingerprint density at radius 1 is 1.14 bits per heavy atom. The highest BCUT2D eigenvalue weighted by atomic mass is 79.9. The Hall–Kier alpha value is -1.83. The number of nitrogens with one attached hydrogen (secondary N) is 1. The summed E-state index contributed by atoms with van der Waals surface area (Å²) in [7, 11) is 0.335. The number of nitrogens with zero attached hydrogens (tertiary/aromatic N) is 2. The quantitative estimate of drug-likeness (QED) is 0.560. The first-order chi connectivity index (χ1) is 13.2. The van der Waals surface area contributed by atoms with Crippen LogP contribution in [-0.4, -0.2) is 44.5 Å². The molecular formula is C21H26BrN3O2S. The molecule has 0 unspecified atom stereocenters. The van der Waals surface area contributed by atoms with Crippen molar-refractivity contribution in [3.63, 3.8) is 0 Å². The van der Waals surface area contributed by atoms with Crippen molar-refractivity contribution in [3.8, 4) is 0 Å². The number of aromatic nitrogens is 1. The van der Waals surface area contributed by atoms with Crippen LogP contribution in [0.1, 0.15) is 18.1 Å². The maximum absolute atomic E-state index is 13.4. The fraction of sp³-hybridized carbons (Fsp3) is 0.333. The first-order valence-electron chi connectivity index (χ1n) is 9.28. The van der Waals surface area contributed by atoms with Gasteiger partial charge in [-0.25, -0.2) is 12.4 Å². The molecule has 0 amide bonds. The Kier molecular flexibility index (Phi) is 6.17. The molecule has 3 rings (SSSR count). The first-order valence-corrected chi connectivity index (χ1v) is 11.5. The number of likely N-dealkylation sites (N-methyl/N-ethyl adjacent to an activating group) is 1. The largest absolute Gasteiger partial charge is 0.384 e. The highest BCUT2D eigenvalue weighted by Crippen LogP contribution is 2.29. The average Bonchev–Trinajstić information content (AvgIpc) is 2.98. The standard InChI is InChI=1S/C21H26BrN3O2S/c1-5-16-6-8-18(13-20(16)23-10-11-24(3)4)28(26,27)25-14-15(2)19-12-17(22)7-9-21(19)25/h6-9,12-14,23H,5,10-11H2,1-4H3. The van der Waals surface area contributed by atoms with Crippen LogP contribution < -0.4 is 5.32 Å². The van der Waals surface area contributed by atoms with Gasteiger partial charge in [0.2, 0.25) is 0 Å². The van der Waals surface area contributed by atoms with Crippen LogP contribution in [0, 0.1) is 6.92 Å². The van der Waals surface area contributed by atoms with E-state index in [0.717, 1.165) is 46.2 Å². The van der Waals surface area contributed by atoms with Gasteiger partial charge >= 0.3 is 0 Å². The Morgan fingerprint density at radius 3 is 2.57 bits per heavy atom. The van der Waals surface area contributed by atoms with E-state index in [1.165, 1.54) is 3.97 Å². The van der Waals surface area contributed by atoms with E-state index in [0.29, 0.717) is 5.52 Å². The minimum absolute atomic E-state index is 0.289. The Labute approximate surface area is 175 Å². The zero-order valence-corrected chi connectivity index (χ0v) is 19.1. The monoisotopic (exact) mass is 463 g/mol. The second-order valence-electron chi connectivity index (χ2n) is 7.18.